The van der Waals surface area contributed by atoms with Crippen molar-refractivity contribution in [2.45, 2.75) is 6.92 Å². The number of benzene rings is 2. The lowest BCUT2D eigenvalue weighted by Gasteiger charge is -2.13. The Kier molecular flexibility index (Phi) is 4.85. The Balaban J connectivity index is 2.29. The quantitative estimate of drug-likeness (QED) is 0.906. The normalized spacial score (nSPS) is 10.1. The van der Waals surface area contributed by atoms with E-state index in [0.29, 0.717) is 22.7 Å². The van der Waals surface area contributed by atoms with Crippen LogP contribution < -0.4 is 14.8 Å². The fourth-order valence-electron chi connectivity index (χ4n) is 1.94. The van der Waals surface area contributed by atoms with Crippen molar-refractivity contribution >= 4 is 27.5 Å². The number of methoxy groups -OCH3 is 2. The van der Waals surface area contributed by atoms with Crippen LogP contribution in [0.5, 0.6) is 11.5 Å². The number of rotatable bonds is 4. The van der Waals surface area contributed by atoms with Gasteiger partial charge in [0.05, 0.1) is 19.9 Å². The van der Waals surface area contributed by atoms with Crippen LogP contribution >= 0.6 is 15.9 Å². The van der Waals surface area contributed by atoms with E-state index in [4.69, 9.17) is 9.47 Å². The summed E-state index contributed by atoms with van der Waals surface area (Å²) in [6.07, 6.45) is 0. The summed E-state index contributed by atoms with van der Waals surface area (Å²) >= 11 is 3.43. The molecule has 0 bridgehead atoms. The maximum absolute atomic E-state index is 12.4. The zero-order valence-corrected chi connectivity index (χ0v) is 13.7. The highest BCUT2D eigenvalue weighted by Crippen LogP contribution is 2.30. The molecule has 0 saturated carbocycles. The van der Waals surface area contributed by atoms with Crippen molar-refractivity contribution in [2.24, 2.45) is 0 Å². The average Bonchev–Trinajstić information content (AvgIpc) is 2.50. The van der Waals surface area contributed by atoms with Gasteiger partial charge in [0.15, 0.2) is 0 Å². The molecule has 0 unspecified atom stereocenters. The molecule has 1 N–H and O–H groups in total. The van der Waals surface area contributed by atoms with E-state index in [1.165, 1.54) is 0 Å². The van der Waals surface area contributed by atoms with Gasteiger partial charge in [-0.1, -0.05) is 22.0 Å². The second kappa shape index (κ2) is 6.63. The van der Waals surface area contributed by atoms with Gasteiger partial charge in [-0.2, -0.15) is 0 Å². The van der Waals surface area contributed by atoms with Gasteiger partial charge in [-0.25, -0.2) is 0 Å². The fraction of sp³-hybridized carbons (Fsp3) is 0.188. The number of amides is 1. The molecule has 4 nitrogen and oxygen atoms in total. The SMILES string of the molecule is COc1ccc(NC(=O)c2cccc(Br)c2C)c(OC)c1. The van der Waals surface area contributed by atoms with Crippen molar-refractivity contribution in [2.75, 3.05) is 19.5 Å². The first kappa shape index (κ1) is 15.4. The second-order valence-corrected chi connectivity index (χ2v) is 5.29. The van der Waals surface area contributed by atoms with Gasteiger partial charge < -0.3 is 14.8 Å². The van der Waals surface area contributed by atoms with E-state index in [1.54, 1.807) is 38.5 Å². The molecule has 110 valence electrons. The highest BCUT2D eigenvalue weighted by Gasteiger charge is 2.13. The molecule has 0 spiro atoms. The monoisotopic (exact) mass is 349 g/mol. The molecule has 0 aliphatic carbocycles. The van der Waals surface area contributed by atoms with Crippen LogP contribution in [0.1, 0.15) is 15.9 Å². The third-order valence-electron chi connectivity index (χ3n) is 3.17. The number of hydrogen-bond acceptors (Lipinski definition) is 3. The molecule has 2 aromatic carbocycles. The predicted molar refractivity (Wildman–Crippen MR) is 86.4 cm³/mol. The van der Waals surface area contributed by atoms with Crippen LogP contribution in [-0.4, -0.2) is 20.1 Å². The highest BCUT2D eigenvalue weighted by atomic mass is 79.9. The molecule has 1 amide bonds. The number of anilines is 1. The third kappa shape index (κ3) is 3.36. The van der Waals surface area contributed by atoms with Crippen molar-refractivity contribution in [3.8, 4) is 11.5 Å². The van der Waals surface area contributed by atoms with E-state index >= 15 is 0 Å². The first-order valence-electron chi connectivity index (χ1n) is 6.35. The van der Waals surface area contributed by atoms with Gasteiger partial charge in [0, 0.05) is 16.1 Å². The Bertz CT molecular complexity index is 671. The molecule has 0 aromatic heterocycles. The largest absolute Gasteiger partial charge is 0.497 e. The molecule has 0 saturated heterocycles. The van der Waals surface area contributed by atoms with E-state index in [0.717, 1.165) is 10.0 Å². The van der Waals surface area contributed by atoms with Crippen LogP contribution in [0, 0.1) is 6.92 Å². The summed E-state index contributed by atoms with van der Waals surface area (Å²) in [5, 5.41) is 2.86. The summed E-state index contributed by atoms with van der Waals surface area (Å²) in [7, 11) is 3.13. The molecule has 5 heteroatoms. The van der Waals surface area contributed by atoms with Crippen LogP contribution in [0.4, 0.5) is 5.69 Å². The standard InChI is InChI=1S/C16H16BrNO3/c1-10-12(5-4-6-13(10)17)16(19)18-14-8-7-11(20-2)9-15(14)21-3/h4-9H,1-3H3,(H,18,19). The van der Waals surface area contributed by atoms with E-state index in [9.17, 15) is 4.79 Å². The van der Waals surface area contributed by atoms with Crippen molar-refractivity contribution in [1.82, 2.24) is 0 Å². The van der Waals surface area contributed by atoms with E-state index in [2.05, 4.69) is 21.2 Å². The van der Waals surface area contributed by atoms with Gasteiger partial charge >= 0.3 is 0 Å². The minimum absolute atomic E-state index is 0.183. The van der Waals surface area contributed by atoms with Crippen molar-refractivity contribution in [3.63, 3.8) is 0 Å². The van der Waals surface area contributed by atoms with Gasteiger partial charge in [-0.3, -0.25) is 4.79 Å². The highest BCUT2D eigenvalue weighted by molar-refractivity contribution is 9.10. The second-order valence-electron chi connectivity index (χ2n) is 4.43. The van der Waals surface area contributed by atoms with E-state index in [1.807, 2.05) is 19.1 Å². The van der Waals surface area contributed by atoms with Crippen molar-refractivity contribution in [3.05, 3.63) is 52.0 Å². The van der Waals surface area contributed by atoms with Gasteiger partial charge in [0.25, 0.3) is 5.91 Å². The molecule has 0 atom stereocenters. The van der Waals surface area contributed by atoms with Crippen LogP contribution in [0.15, 0.2) is 40.9 Å². The maximum Gasteiger partial charge on any atom is 0.256 e. The summed E-state index contributed by atoms with van der Waals surface area (Å²) in [6.45, 7) is 1.89. The molecular weight excluding hydrogens is 334 g/mol. The Labute approximate surface area is 132 Å². The number of carbonyl (C=O) groups excluding carboxylic acids is 1. The lowest BCUT2D eigenvalue weighted by Crippen LogP contribution is -2.14. The van der Waals surface area contributed by atoms with Gasteiger partial charge in [-0.15, -0.1) is 0 Å². The van der Waals surface area contributed by atoms with Crippen LogP contribution in [0.3, 0.4) is 0 Å². The Morgan fingerprint density at radius 3 is 2.57 bits per heavy atom. The Hall–Kier alpha value is -2.01. The smallest absolute Gasteiger partial charge is 0.256 e. The fourth-order valence-corrected chi connectivity index (χ4v) is 2.31. The lowest BCUT2D eigenvalue weighted by atomic mass is 10.1. The molecule has 2 rings (SSSR count). The molecule has 0 heterocycles. The topological polar surface area (TPSA) is 47.6 Å². The number of halogens is 1. The molecule has 0 fully saturated rings. The van der Waals surface area contributed by atoms with Gasteiger partial charge in [-0.05, 0) is 36.8 Å². The van der Waals surface area contributed by atoms with Crippen molar-refractivity contribution in [1.29, 1.82) is 0 Å². The molecule has 0 aliphatic rings. The lowest BCUT2D eigenvalue weighted by molar-refractivity contribution is 0.102. The summed E-state index contributed by atoms with van der Waals surface area (Å²) < 4.78 is 11.3. The maximum atomic E-state index is 12.4. The zero-order valence-electron chi connectivity index (χ0n) is 12.1. The molecule has 2 aromatic rings. The number of carbonyl (C=O) groups is 1. The summed E-state index contributed by atoms with van der Waals surface area (Å²) in [6, 6.07) is 10.8. The number of ether oxygens (including phenoxy) is 2. The summed E-state index contributed by atoms with van der Waals surface area (Å²) in [5.74, 6) is 1.04. The van der Waals surface area contributed by atoms with Crippen LogP contribution in [-0.2, 0) is 0 Å². The van der Waals surface area contributed by atoms with Crippen LogP contribution in [0.2, 0.25) is 0 Å². The average molecular weight is 350 g/mol. The summed E-state index contributed by atoms with van der Waals surface area (Å²) in [5.41, 5.74) is 2.10. The molecule has 21 heavy (non-hydrogen) atoms. The zero-order chi connectivity index (χ0) is 15.4. The summed E-state index contributed by atoms with van der Waals surface area (Å²) in [4.78, 5) is 12.4. The number of nitrogens with one attached hydrogen (secondary N) is 1. The van der Waals surface area contributed by atoms with E-state index in [-0.39, 0.29) is 5.91 Å². The first-order chi connectivity index (χ1) is 10.1. The van der Waals surface area contributed by atoms with Crippen molar-refractivity contribution < 1.29 is 14.3 Å². The molecule has 0 radical (unpaired) electrons. The molecular formula is C16H16BrNO3. The predicted octanol–water partition coefficient (Wildman–Crippen LogP) is 4.03. The first-order valence-corrected chi connectivity index (χ1v) is 7.14. The van der Waals surface area contributed by atoms with Crippen LogP contribution in [0.25, 0.3) is 0 Å². The van der Waals surface area contributed by atoms with Gasteiger partial charge in [0.2, 0.25) is 0 Å². The Morgan fingerprint density at radius 2 is 1.90 bits per heavy atom. The van der Waals surface area contributed by atoms with Gasteiger partial charge in [0.1, 0.15) is 11.5 Å². The Morgan fingerprint density at radius 1 is 1.14 bits per heavy atom. The third-order valence-corrected chi connectivity index (χ3v) is 4.03. The van der Waals surface area contributed by atoms with E-state index < -0.39 is 0 Å². The number of hydrogen-bond donors (Lipinski definition) is 1. The minimum atomic E-state index is -0.183. The minimum Gasteiger partial charge on any atom is -0.497 e. The molecule has 0 aliphatic heterocycles.